The number of hydrogen-bond donors (Lipinski definition) is 1. The van der Waals surface area contributed by atoms with Gasteiger partial charge in [-0.05, 0) is 30.2 Å². The van der Waals surface area contributed by atoms with E-state index in [0.717, 1.165) is 38.4 Å². The van der Waals surface area contributed by atoms with Crippen LogP contribution in [0.5, 0.6) is 0 Å². The molecule has 1 heterocycles. The lowest BCUT2D eigenvalue weighted by Gasteiger charge is -2.40. The summed E-state index contributed by atoms with van der Waals surface area (Å²) in [5, 5.41) is 0. The smallest absolute Gasteiger partial charge is 0.0317 e. The Hall–Kier alpha value is -1.84. The zero-order chi connectivity index (χ0) is 15.4. The largest absolute Gasteiger partial charge is 0.399 e. The van der Waals surface area contributed by atoms with E-state index < -0.39 is 0 Å². The number of piperazine rings is 1. The lowest BCUT2D eigenvalue weighted by Crippen LogP contribution is -2.50. The van der Waals surface area contributed by atoms with E-state index >= 15 is 0 Å². The van der Waals surface area contributed by atoms with E-state index in [1.807, 2.05) is 12.1 Å². The van der Waals surface area contributed by atoms with Crippen LogP contribution in [0.1, 0.15) is 18.1 Å². The van der Waals surface area contributed by atoms with E-state index in [1.165, 1.54) is 11.1 Å². The highest BCUT2D eigenvalue weighted by atomic mass is 15.3. The van der Waals surface area contributed by atoms with Crippen molar-refractivity contribution in [1.82, 2.24) is 9.80 Å². The van der Waals surface area contributed by atoms with Crippen molar-refractivity contribution >= 4 is 5.69 Å². The molecule has 0 amide bonds. The molecule has 0 aromatic heterocycles. The molecule has 0 aliphatic carbocycles. The molecule has 2 N–H and O–H groups in total. The second-order valence-electron chi connectivity index (χ2n) is 6.29. The summed E-state index contributed by atoms with van der Waals surface area (Å²) in [6, 6.07) is 19.6. The van der Waals surface area contributed by atoms with Crippen LogP contribution in [0, 0.1) is 0 Å². The van der Waals surface area contributed by atoms with Crippen LogP contribution in [-0.2, 0) is 13.1 Å². The topological polar surface area (TPSA) is 32.5 Å². The quantitative estimate of drug-likeness (QED) is 0.880. The molecule has 3 heteroatoms. The van der Waals surface area contributed by atoms with Crippen LogP contribution in [0.25, 0.3) is 0 Å². The van der Waals surface area contributed by atoms with E-state index in [-0.39, 0.29) is 0 Å². The Bertz CT molecular complexity index is 597. The van der Waals surface area contributed by atoms with Crippen LogP contribution in [0.2, 0.25) is 0 Å². The van der Waals surface area contributed by atoms with Gasteiger partial charge in [-0.25, -0.2) is 0 Å². The fourth-order valence-corrected chi connectivity index (χ4v) is 3.22. The molecule has 3 nitrogen and oxygen atoms in total. The number of rotatable bonds is 4. The molecule has 22 heavy (non-hydrogen) atoms. The number of anilines is 1. The molecule has 0 unspecified atom stereocenters. The van der Waals surface area contributed by atoms with Crippen molar-refractivity contribution in [1.29, 1.82) is 0 Å². The molecular formula is C19H25N3. The normalized spacial score (nSPS) is 20.1. The van der Waals surface area contributed by atoms with Gasteiger partial charge in [0.15, 0.2) is 0 Å². The van der Waals surface area contributed by atoms with Gasteiger partial charge in [0.1, 0.15) is 0 Å². The summed E-state index contributed by atoms with van der Waals surface area (Å²) < 4.78 is 0. The van der Waals surface area contributed by atoms with Gasteiger partial charge in [-0.1, -0.05) is 42.5 Å². The summed E-state index contributed by atoms with van der Waals surface area (Å²) in [5.41, 5.74) is 9.44. The highest BCUT2D eigenvalue weighted by Crippen LogP contribution is 2.17. The molecule has 1 fully saturated rings. The molecule has 0 saturated carbocycles. The van der Waals surface area contributed by atoms with Crippen LogP contribution < -0.4 is 5.73 Å². The Kier molecular flexibility index (Phi) is 4.76. The average molecular weight is 295 g/mol. The monoisotopic (exact) mass is 295 g/mol. The first kappa shape index (κ1) is 15.1. The van der Waals surface area contributed by atoms with Crippen LogP contribution >= 0.6 is 0 Å². The minimum Gasteiger partial charge on any atom is -0.399 e. The maximum atomic E-state index is 5.88. The summed E-state index contributed by atoms with van der Waals surface area (Å²) in [6.07, 6.45) is 0. The molecule has 1 saturated heterocycles. The third kappa shape index (κ3) is 3.87. The fourth-order valence-electron chi connectivity index (χ4n) is 3.22. The first-order chi connectivity index (χ1) is 10.7. The van der Waals surface area contributed by atoms with Gasteiger partial charge in [0.25, 0.3) is 0 Å². The Labute approximate surface area is 133 Å². The molecule has 0 bridgehead atoms. The van der Waals surface area contributed by atoms with E-state index in [4.69, 9.17) is 5.73 Å². The van der Waals surface area contributed by atoms with Crippen molar-refractivity contribution in [2.24, 2.45) is 0 Å². The van der Waals surface area contributed by atoms with Crippen molar-refractivity contribution in [2.45, 2.75) is 26.1 Å². The van der Waals surface area contributed by atoms with Crippen molar-refractivity contribution < 1.29 is 0 Å². The Morgan fingerprint density at radius 1 is 0.955 bits per heavy atom. The van der Waals surface area contributed by atoms with Gasteiger partial charge < -0.3 is 5.73 Å². The Morgan fingerprint density at radius 3 is 2.45 bits per heavy atom. The van der Waals surface area contributed by atoms with Crippen molar-refractivity contribution in [3.05, 3.63) is 65.7 Å². The van der Waals surface area contributed by atoms with Crippen molar-refractivity contribution in [3.8, 4) is 0 Å². The van der Waals surface area contributed by atoms with E-state index in [9.17, 15) is 0 Å². The van der Waals surface area contributed by atoms with E-state index in [2.05, 4.69) is 59.2 Å². The van der Waals surface area contributed by atoms with Gasteiger partial charge in [0.2, 0.25) is 0 Å². The van der Waals surface area contributed by atoms with Crippen LogP contribution in [0.4, 0.5) is 5.69 Å². The van der Waals surface area contributed by atoms with Gasteiger partial charge in [-0.15, -0.1) is 0 Å². The van der Waals surface area contributed by atoms with E-state index in [1.54, 1.807) is 0 Å². The second-order valence-corrected chi connectivity index (χ2v) is 6.29. The van der Waals surface area contributed by atoms with Gasteiger partial charge in [-0.3, -0.25) is 9.80 Å². The zero-order valence-corrected chi connectivity index (χ0v) is 13.3. The predicted molar refractivity (Wildman–Crippen MR) is 92.4 cm³/mol. The van der Waals surface area contributed by atoms with Gasteiger partial charge in [0, 0.05) is 44.5 Å². The molecule has 0 radical (unpaired) electrons. The lowest BCUT2D eigenvalue weighted by atomic mass is 10.1. The molecule has 1 aliphatic heterocycles. The third-order valence-corrected chi connectivity index (χ3v) is 4.43. The van der Waals surface area contributed by atoms with E-state index in [0.29, 0.717) is 6.04 Å². The number of hydrogen-bond acceptors (Lipinski definition) is 3. The average Bonchev–Trinajstić information content (AvgIpc) is 2.51. The Balaban J connectivity index is 1.56. The molecule has 2 aromatic rings. The third-order valence-electron chi connectivity index (χ3n) is 4.43. The SMILES string of the molecule is C[C@@H]1CN(Cc2ccccc2)CCN1Cc1cccc(N)c1. The van der Waals surface area contributed by atoms with Crippen LogP contribution in [0.3, 0.4) is 0 Å². The molecule has 0 spiro atoms. The number of benzene rings is 2. The minimum absolute atomic E-state index is 0.568. The number of nitrogens with two attached hydrogens (primary N) is 1. The molecule has 116 valence electrons. The van der Waals surface area contributed by atoms with Crippen LogP contribution in [0.15, 0.2) is 54.6 Å². The summed E-state index contributed by atoms with van der Waals surface area (Å²) in [4.78, 5) is 5.10. The van der Waals surface area contributed by atoms with Crippen molar-refractivity contribution in [2.75, 3.05) is 25.4 Å². The Morgan fingerprint density at radius 2 is 1.73 bits per heavy atom. The van der Waals surface area contributed by atoms with Gasteiger partial charge in [-0.2, -0.15) is 0 Å². The first-order valence-corrected chi connectivity index (χ1v) is 8.05. The minimum atomic E-state index is 0.568. The standard InChI is InChI=1S/C19H25N3/c1-16-13-21(14-17-6-3-2-4-7-17)10-11-22(16)15-18-8-5-9-19(20)12-18/h2-9,12,16H,10-11,13-15,20H2,1H3/t16-/m1/s1. The number of nitrogen functional groups attached to an aromatic ring is 1. The van der Waals surface area contributed by atoms with Crippen molar-refractivity contribution in [3.63, 3.8) is 0 Å². The maximum absolute atomic E-state index is 5.88. The maximum Gasteiger partial charge on any atom is 0.0317 e. The molecule has 3 rings (SSSR count). The van der Waals surface area contributed by atoms with Gasteiger partial charge in [0.05, 0.1) is 0 Å². The predicted octanol–water partition coefficient (Wildman–Crippen LogP) is 2.98. The lowest BCUT2D eigenvalue weighted by molar-refractivity contribution is 0.0733. The van der Waals surface area contributed by atoms with Crippen LogP contribution in [-0.4, -0.2) is 35.5 Å². The summed E-state index contributed by atoms with van der Waals surface area (Å²) in [6.45, 7) is 7.73. The summed E-state index contributed by atoms with van der Waals surface area (Å²) >= 11 is 0. The molecule has 2 aromatic carbocycles. The summed E-state index contributed by atoms with van der Waals surface area (Å²) in [7, 11) is 0. The molecular weight excluding hydrogens is 270 g/mol. The first-order valence-electron chi connectivity index (χ1n) is 8.05. The van der Waals surface area contributed by atoms with Gasteiger partial charge >= 0.3 is 0 Å². The highest BCUT2D eigenvalue weighted by Gasteiger charge is 2.23. The molecule has 1 atom stereocenters. The summed E-state index contributed by atoms with van der Waals surface area (Å²) in [5.74, 6) is 0. The second kappa shape index (κ2) is 6.95. The zero-order valence-electron chi connectivity index (χ0n) is 13.3. The highest BCUT2D eigenvalue weighted by molar-refractivity contribution is 5.40. The number of nitrogens with zero attached hydrogens (tertiary/aromatic N) is 2. The molecule has 1 aliphatic rings. The fraction of sp³-hybridized carbons (Fsp3) is 0.368.